The lowest BCUT2D eigenvalue weighted by Gasteiger charge is -2.13. The van der Waals surface area contributed by atoms with E-state index >= 15 is 0 Å². The molecule has 1 rings (SSSR count). The van der Waals surface area contributed by atoms with Crippen molar-refractivity contribution in [3.05, 3.63) is 29.8 Å². The molecule has 25 heavy (non-hydrogen) atoms. The van der Waals surface area contributed by atoms with Crippen molar-refractivity contribution in [2.45, 2.75) is 104 Å². The van der Waals surface area contributed by atoms with Gasteiger partial charge in [0.05, 0.1) is 0 Å². The molecule has 1 aromatic rings. The van der Waals surface area contributed by atoms with Crippen LogP contribution in [0, 0.1) is 0 Å². The molecule has 0 atom stereocenters. The predicted molar refractivity (Wildman–Crippen MR) is 110 cm³/mol. The van der Waals surface area contributed by atoms with E-state index in [1.165, 1.54) is 69.8 Å². The normalized spacial score (nSPS) is 11.0. The SMILES string of the molecule is CCCCCCCCCCCCCC(=O)Nc1ccccc1C(C)C. The summed E-state index contributed by atoms with van der Waals surface area (Å²) in [4.78, 5) is 12.1. The van der Waals surface area contributed by atoms with Crippen LogP contribution >= 0.6 is 0 Å². The minimum atomic E-state index is 0.157. The Morgan fingerprint density at radius 2 is 1.36 bits per heavy atom. The number of para-hydroxylation sites is 1. The number of anilines is 1. The summed E-state index contributed by atoms with van der Waals surface area (Å²) in [6.07, 6.45) is 15.1. The molecule has 2 nitrogen and oxygen atoms in total. The maximum Gasteiger partial charge on any atom is 0.224 e. The number of benzene rings is 1. The van der Waals surface area contributed by atoms with Gasteiger partial charge in [0.1, 0.15) is 0 Å². The lowest BCUT2D eigenvalue weighted by Crippen LogP contribution is -2.13. The Morgan fingerprint density at radius 1 is 0.840 bits per heavy atom. The molecule has 0 aromatic heterocycles. The first-order chi connectivity index (χ1) is 12.1. The maximum atomic E-state index is 12.1. The van der Waals surface area contributed by atoms with Crippen LogP contribution in [0.1, 0.15) is 109 Å². The van der Waals surface area contributed by atoms with Crippen molar-refractivity contribution in [2.75, 3.05) is 5.32 Å². The van der Waals surface area contributed by atoms with Gasteiger partial charge >= 0.3 is 0 Å². The van der Waals surface area contributed by atoms with Crippen LogP contribution in [-0.2, 0) is 4.79 Å². The van der Waals surface area contributed by atoms with Gasteiger partial charge in [0.2, 0.25) is 5.91 Å². The molecule has 0 unspecified atom stereocenters. The Labute approximate surface area is 155 Å². The number of hydrogen-bond donors (Lipinski definition) is 1. The fraction of sp³-hybridized carbons (Fsp3) is 0.696. The van der Waals surface area contributed by atoms with Crippen molar-refractivity contribution in [3.8, 4) is 0 Å². The van der Waals surface area contributed by atoms with E-state index in [2.05, 4.69) is 32.2 Å². The largest absolute Gasteiger partial charge is 0.326 e. The van der Waals surface area contributed by atoms with Crippen LogP contribution in [0.15, 0.2) is 24.3 Å². The molecule has 0 aliphatic carbocycles. The van der Waals surface area contributed by atoms with Crippen molar-refractivity contribution < 1.29 is 4.79 Å². The van der Waals surface area contributed by atoms with E-state index in [-0.39, 0.29) is 5.91 Å². The topological polar surface area (TPSA) is 29.1 Å². The standard InChI is InChI=1S/C23H39NO/c1-4-5-6-7-8-9-10-11-12-13-14-19-23(25)24-22-18-16-15-17-21(22)20(2)3/h15-18,20H,4-14,19H2,1-3H3,(H,24,25). The predicted octanol–water partition coefficient (Wildman–Crippen LogP) is 7.45. The molecule has 0 saturated heterocycles. The third-order valence-electron chi connectivity index (χ3n) is 4.86. The zero-order valence-corrected chi connectivity index (χ0v) is 16.8. The molecule has 0 aliphatic heterocycles. The third-order valence-corrected chi connectivity index (χ3v) is 4.86. The van der Waals surface area contributed by atoms with Gasteiger partial charge in [-0.15, -0.1) is 0 Å². The number of hydrogen-bond acceptors (Lipinski definition) is 1. The number of amides is 1. The summed E-state index contributed by atoms with van der Waals surface area (Å²) in [6, 6.07) is 8.13. The molecule has 1 aromatic carbocycles. The molecule has 2 heteroatoms. The lowest BCUT2D eigenvalue weighted by molar-refractivity contribution is -0.116. The van der Waals surface area contributed by atoms with Gasteiger partial charge in [-0.05, 0) is 24.0 Å². The van der Waals surface area contributed by atoms with Crippen LogP contribution in [0.3, 0.4) is 0 Å². The highest BCUT2D eigenvalue weighted by Gasteiger charge is 2.08. The Hall–Kier alpha value is -1.31. The van der Waals surface area contributed by atoms with E-state index < -0.39 is 0 Å². The third kappa shape index (κ3) is 10.3. The van der Waals surface area contributed by atoms with Crippen LogP contribution in [0.5, 0.6) is 0 Å². The van der Waals surface area contributed by atoms with Crippen molar-refractivity contribution >= 4 is 11.6 Å². The lowest BCUT2D eigenvalue weighted by atomic mass is 10.0. The molecule has 1 amide bonds. The van der Waals surface area contributed by atoms with Crippen LogP contribution in [-0.4, -0.2) is 5.91 Å². The van der Waals surface area contributed by atoms with Crippen LogP contribution in [0.4, 0.5) is 5.69 Å². The fourth-order valence-electron chi connectivity index (χ4n) is 3.28. The average Bonchev–Trinajstić information content (AvgIpc) is 2.60. The smallest absolute Gasteiger partial charge is 0.224 e. The summed E-state index contributed by atoms with van der Waals surface area (Å²) >= 11 is 0. The van der Waals surface area contributed by atoms with E-state index in [0.717, 1.165) is 12.1 Å². The van der Waals surface area contributed by atoms with Gasteiger partial charge in [-0.1, -0.05) is 103 Å². The van der Waals surface area contributed by atoms with Crippen LogP contribution < -0.4 is 5.32 Å². The molecule has 0 bridgehead atoms. The Kier molecular flexibility index (Phi) is 12.1. The first-order valence-corrected chi connectivity index (χ1v) is 10.5. The number of carbonyl (C=O) groups is 1. The Bertz CT molecular complexity index is 467. The quantitative estimate of drug-likeness (QED) is 0.348. The van der Waals surface area contributed by atoms with Gasteiger partial charge in [0.25, 0.3) is 0 Å². The summed E-state index contributed by atoms with van der Waals surface area (Å²) in [7, 11) is 0. The van der Waals surface area contributed by atoms with E-state index in [1.807, 2.05) is 18.2 Å². The number of nitrogens with one attached hydrogen (secondary N) is 1. The number of rotatable bonds is 14. The van der Waals surface area contributed by atoms with Crippen molar-refractivity contribution in [1.29, 1.82) is 0 Å². The number of carbonyl (C=O) groups excluding carboxylic acids is 1. The molecule has 0 radical (unpaired) electrons. The molecular formula is C23H39NO. The van der Waals surface area contributed by atoms with E-state index in [4.69, 9.17) is 0 Å². The van der Waals surface area contributed by atoms with E-state index in [1.54, 1.807) is 0 Å². The summed E-state index contributed by atoms with van der Waals surface area (Å²) in [5.41, 5.74) is 2.19. The molecule has 0 aliphatic rings. The van der Waals surface area contributed by atoms with Gasteiger partial charge in [0.15, 0.2) is 0 Å². The molecule has 0 heterocycles. The Balaban J connectivity index is 2.04. The summed E-state index contributed by atoms with van der Waals surface area (Å²) in [5.74, 6) is 0.586. The van der Waals surface area contributed by atoms with E-state index in [0.29, 0.717) is 12.3 Å². The molecular weight excluding hydrogens is 306 g/mol. The number of unbranched alkanes of at least 4 members (excludes halogenated alkanes) is 10. The van der Waals surface area contributed by atoms with Gasteiger partial charge in [0, 0.05) is 12.1 Å². The second-order valence-corrected chi connectivity index (χ2v) is 7.58. The van der Waals surface area contributed by atoms with E-state index in [9.17, 15) is 4.79 Å². The highest BCUT2D eigenvalue weighted by molar-refractivity contribution is 5.91. The first kappa shape index (κ1) is 21.7. The molecule has 1 N–H and O–H groups in total. The maximum absolute atomic E-state index is 12.1. The summed E-state index contributed by atoms with van der Waals surface area (Å²) in [6.45, 7) is 6.59. The molecule has 0 saturated carbocycles. The molecule has 142 valence electrons. The highest BCUT2D eigenvalue weighted by Crippen LogP contribution is 2.24. The average molecular weight is 346 g/mol. The summed E-state index contributed by atoms with van der Waals surface area (Å²) < 4.78 is 0. The first-order valence-electron chi connectivity index (χ1n) is 10.5. The van der Waals surface area contributed by atoms with Gasteiger partial charge in [-0.3, -0.25) is 4.79 Å². The molecule has 0 spiro atoms. The highest BCUT2D eigenvalue weighted by atomic mass is 16.1. The summed E-state index contributed by atoms with van der Waals surface area (Å²) in [5, 5.41) is 3.09. The fourth-order valence-corrected chi connectivity index (χ4v) is 3.28. The minimum absolute atomic E-state index is 0.157. The van der Waals surface area contributed by atoms with Gasteiger partial charge in [-0.25, -0.2) is 0 Å². The van der Waals surface area contributed by atoms with Crippen molar-refractivity contribution in [3.63, 3.8) is 0 Å². The van der Waals surface area contributed by atoms with Crippen molar-refractivity contribution in [2.24, 2.45) is 0 Å². The second-order valence-electron chi connectivity index (χ2n) is 7.58. The van der Waals surface area contributed by atoms with Gasteiger partial charge < -0.3 is 5.32 Å². The minimum Gasteiger partial charge on any atom is -0.326 e. The zero-order valence-electron chi connectivity index (χ0n) is 16.8. The zero-order chi connectivity index (χ0) is 18.3. The van der Waals surface area contributed by atoms with Crippen LogP contribution in [0.25, 0.3) is 0 Å². The second kappa shape index (κ2) is 13.9. The van der Waals surface area contributed by atoms with Crippen LogP contribution in [0.2, 0.25) is 0 Å². The molecule has 0 fully saturated rings. The monoisotopic (exact) mass is 345 g/mol. The van der Waals surface area contributed by atoms with Gasteiger partial charge in [-0.2, -0.15) is 0 Å². The Morgan fingerprint density at radius 3 is 1.92 bits per heavy atom. The van der Waals surface area contributed by atoms with Crippen molar-refractivity contribution in [1.82, 2.24) is 0 Å².